The van der Waals surface area contributed by atoms with Crippen molar-refractivity contribution in [1.29, 1.82) is 0 Å². The summed E-state index contributed by atoms with van der Waals surface area (Å²) in [6.45, 7) is 2.67. The second-order valence-electron chi connectivity index (χ2n) is 4.78. The molecule has 2 aromatic heterocycles. The Morgan fingerprint density at radius 2 is 2.14 bits per heavy atom. The Labute approximate surface area is 132 Å². The number of aromatic nitrogens is 1. The third kappa shape index (κ3) is 5.45. The summed E-state index contributed by atoms with van der Waals surface area (Å²) in [5, 5.41) is 8.15. The third-order valence-electron chi connectivity index (χ3n) is 3.06. The minimum atomic E-state index is -0.334. The van der Waals surface area contributed by atoms with Gasteiger partial charge in [-0.2, -0.15) is 0 Å². The van der Waals surface area contributed by atoms with Gasteiger partial charge in [-0.05, 0) is 49.6 Å². The van der Waals surface area contributed by atoms with Crippen LogP contribution < -0.4 is 16.6 Å². The number of nitrogens with zero attached hydrogens (tertiary/aromatic N) is 1. The van der Waals surface area contributed by atoms with E-state index in [0.29, 0.717) is 6.54 Å². The summed E-state index contributed by atoms with van der Waals surface area (Å²) in [6.07, 6.45) is 3.93. The molecule has 2 aromatic rings. The molecule has 2 heterocycles. The number of aryl methyl sites for hydroxylation is 4. The second-order valence-corrected chi connectivity index (χ2v) is 6.84. The van der Waals surface area contributed by atoms with Gasteiger partial charge in [0.2, 0.25) is 0 Å². The first-order valence-corrected chi connectivity index (χ1v) is 8.65. The number of nitrogens with two attached hydrogens (primary N) is 1. The van der Waals surface area contributed by atoms with E-state index < -0.39 is 0 Å². The molecular formula is C14H20N4OS2. The van der Waals surface area contributed by atoms with E-state index in [1.807, 2.05) is 12.3 Å². The van der Waals surface area contributed by atoms with Gasteiger partial charge in [0.1, 0.15) is 0 Å². The fourth-order valence-electron chi connectivity index (χ4n) is 2.01. The van der Waals surface area contributed by atoms with E-state index >= 15 is 0 Å². The van der Waals surface area contributed by atoms with Crippen molar-refractivity contribution >= 4 is 28.7 Å². The second kappa shape index (κ2) is 8.11. The highest BCUT2D eigenvalue weighted by Gasteiger charge is 2.03. The molecular weight excluding hydrogens is 304 g/mol. The molecule has 2 rings (SSSR count). The minimum Gasteiger partial charge on any atom is -0.337 e. The summed E-state index contributed by atoms with van der Waals surface area (Å²) in [6, 6.07) is 1.92. The van der Waals surface area contributed by atoms with Crippen molar-refractivity contribution in [2.75, 3.05) is 6.54 Å². The van der Waals surface area contributed by atoms with Crippen LogP contribution in [0.3, 0.4) is 0 Å². The van der Waals surface area contributed by atoms with Crippen LogP contribution in [0.15, 0.2) is 16.8 Å². The van der Waals surface area contributed by atoms with E-state index in [9.17, 15) is 4.79 Å². The molecule has 0 aliphatic heterocycles. The molecule has 0 aromatic carbocycles. The highest BCUT2D eigenvalue weighted by molar-refractivity contribution is 7.10. The monoisotopic (exact) mass is 324 g/mol. The maximum atomic E-state index is 10.9. The van der Waals surface area contributed by atoms with Crippen LogP contribution in [0.25, 0.3) is 0 Å². The lowest BCUT2D eigenvalue weighted by Crippen LogP contribution is -2.40. The summed E-state index contributed by atoms with van der Waals surface area (Å²) in [4.78, 5) is 16.8. The smallest absolute Gasteiger partial charge is 0.328 e. The molecule has 0 radical (unpaired) electrons. The van der Waals surface area contributed by atoms with Gasteiger partial charge in [0.05, 0.1) is 10.7 Å². The van der Waals surface area contributed by atoms with Gasteiger partial charge in [-0.1, -0.05) is 0 Å². The first kappa shape index (κ1) is 15.9. The van der Waals surface area contributed by atoms with Gasteiger partial charge in [-0.25, -0.2) is 15.6 Å². The topological polar surface area (TPSA) is 80.0 Å². The molecule has 0 aliphatic carbocycles. The molecule has 7 heteroatoms. The van der Waals surface area contributed by atoms with Crippen LogP contribution in [0, 0.1) is 6.92 Å². The third-order valence-corrected chi connectivity index (χ3v) is 4.93. The fraction of sp³-hybridized carbons (Fsp3) is 0.429. The zero-order chi connectivity index (χ0) is 15.1. The molecule has 114 valence electrons. The Bertz CT molecular complexity index is 579. The van der Waals surface area contributed by atoms with E-state index in [0.717, 1.165) is 30.7 Å². The van der Waals surface area contributed by atoms with Crippen LogP contribution in [0.5, 0.6) is 0 Å². The fourth-order valence-corrected chi connectivity index (χ4v) is 3.58. The highest BCUT2D eigenvalue weighted by atomic mass is 32.1. The Morgan fingerprint density at radius 3 is 2.86 bits per heavy atom. The van der Waals surface area contributed by atoms with Crippen molar-refractivity contribution in [3.8, 4) is 0 Å². The van der Waals surface area contributed by atoms with Gasteiger partial charge in [0.15, 0.2) is 0 Å². The van der Waals surface area contributed by atoms with Crippen molar-refractivity contribution < 1.29 is 4.79 Å². The molecule has 2 amide bonds. The maximum Gasteiger partial charge on any atom is 0.328 e. The van der Waals surface area contributed by atoms with E-state index in [-0.39, 0.29) is 6.03 Å². The van der Waals surface area contributed by atoms with Crippen LogP contribution in [0.1, 0.15) is 27.6 Å². The number of hydrogen-bond acceptors (Lipinski definition) is 5. The Morgan fingerprint density at radius 1 is 1.29 bits per heavy atom. The van der Waals surface area contributed by atoms with E-state index in [1.54, 1.807) is 22.7 Å². The molecule has 21 heavy (non-hydrogen) atoms. The zero-order valence-corrected chi connectivity index (χ0v) is 13.6. The molecule has 0 saturated heterocycles. The number of hydrazine groups is 1. The normalized spacial score (nSPS) is 10.6. The summed E-state index contributed by atoms with van der Waals surface area (Å²) in [5.74, 6) is 4.99. The predicted molar refractivity (Wildman–Crippen MR) is 87.6 cm³/mol. The minimum absolute atomic E-state index is 0.334. The van der Waals surface area contributed by atoms with Gasteiger partial charge in [0.25, 0.3) is 0 Å². The van der Waals surface area contributed by atoms with Crippen LogP contribution in [-0.4, -0.2) is 17.6 Å². The van der Waals surface area contributed by atoms with Gasteiger partial charge < -0.3 is 5.32 Å². The highest BCUT2D eigenvalue weighted by Crippen LogP contribution is 2.19. The van der Waals surface area contributed by atoms with Crippen molar-refractivity contribution in [2.45, 2.75) is 32.6 Å². The number of amides is 2. The SMILES string of the molecule is Cc1nc(CCc2cc(CCCNC(=O)NN)cs2)cs1. The molecule has 4 N–H and O–H groups in total. The first-order chi connectivity index (χ1) is 10.2. The largest absolute Gasteiger partial charge is 0.337 e. The Kier molecular flexibility index (Phi) is 6.16. The lowest BCUT2D eigenvalue weighted by atomic mass is 10.1. The van der Waals surface area contributed by atoms with Crippen molar-refractivity contribution in [3.63, 3.8) is 0 Å². The van der Waals surface area contributed by atoms with Crippen molar-refractivity contribution in [1.82, 2.24) is 15.7 Å². The van der Waals surface area contributed by atoms with E-state index in [2.05, 4.69) is 27.1 Å². The quantitative estimate of drug-likeness (QED) is 0.317. The number of urea groups is 1. The number of carbonyl (C=O) groups is 1. The van der Waals surface area contributed by atoms with Gasteiger partial charge >= 0.3 is 6.03 Å². The maximum absolute atomic E-state index is 10.9. The molecule has 5 nitrogen and oxygen atoms in total. The van der Waals surface area contributed by atoms with Gasteiger partial charge in [-0.3, -0.25) is 5.43 Å². The summed E-state index contributed by atoms with van der Waals surface area (Å²) in [7, 11) is 0. The zero-order valence-electron chi connectivity index (χ0n) is 12.0. The lowest BCUT2D eigenvalue weighted by Gasteiger charge is -2.02. The summed E-state index contributed by atoms with van der Waals surface area (Å²) < 4.78 is 0. The molecule has 0 saturated carbocycles. The number of carbonyl (C=O) groups excluding carboxylic acids is 1. The molecule has 0 spiro atoms. The van der Waals surface area contributed by atoms with Crippen molar-refractivity contribution in [2.24, 2.45) is 5.84 Å². The number of thiophene rings is 1. The lowest BCUT2D eigenvalue weighted by molar-refractivity contribution is 0.241. The van der Waals surface area contributed by atoms with Gasteiger partial charge in [-0.15, -0.1) is 22.7 Å². The van der Waals surface area contributed by atoms with Gasteiger partial charge in [0, 0.05) is 16.8 Å². The predicted octanol–water partition coefficient (Wildman–Crippen LogP) is 2.40. The Hall–Kier alpha value is -1.44. The molecule has 0 unspecified atom stereocenters. The molecule has 0 aliphatic rings. The molecule has 0 atom stereocenters. The van der Waals surface area contributed by atoms with Crippen molar-refractivity contribution in [3.05, 3.63) is 38.0 Å². The van der Waals surface area contributed by atoms with E-state index in [1.165, 1.54) is 16.1 Å². The van der Waals surface area contributed by atoms with Crippen LogP contribution >= 0.6 is 22.7 Å². The van der Waals surface area contributed by atoms with Crippen LogP contribution in [-0.2, 0) is 19.3 Å². The first-order valence-electron chi connectivity index (χ1n) is 6.89. The molecule has 0 fully saturated rings. The Balaban J connectivity index is 1.70. The molecule has 0 bridgehead atoms. The van der Waals surface area contributed by atoms with E-state index in [4.69, 9.17) is 5.84 Å². The number of rotatable bonds is 7. The number of nitrogens with one attached hydrogen (secondary N) is 2. The summed E-state index contributed by atoms with van der Waals surface area (Å²) in [5.41, 5.74) is 4.57. The number of hydrogen-bond donors (Lipinski definition) is 3. The standard InChI is InChI=1S/C14H20N4OS2/c1-10-17-12(9-20-10)4-5-13-7-11(8-21-13)3-2-6-16-14(19)18-15/h7-9H,2-6,15H2,1H3,(H2,16,18,19). The van der Waals surface area contributed by atoms with Crippen LogP contribution in [0.4, 0.5) is 4.79 Å². The summed E-state index contributed by atoms with van der Waals surface area (Å²) >= 11 is 3.51. The number of thiazole rings is 1. The van der Waals surface area contributed by atoms with Crippen LogP contribution in [0.2, 0.25) is 0 Å². The average Bonchev–Trinajstić information content (AvgIpc) is 3.10. The average molecular weight is 324 g/mol.